The monoisotopic (exact) mass is 440 g/mol. The average molecular weight is 441 g/mol. The highest BCUT2D eigenvalue weighted by Gasteiger charge is 2.23. The molecule has 0 aliphatic carbocycles. The quantitative estimate of drug-likeness (QED) is 0.401. The van der Waals surface area contributed by atoms with E-state index in [-0.39, 0.29) is 5.83 Å². The van der Waals surface area contributed by atoms with Crippen molar-refractivity contribution in [2.75, 3.05) is 13.6 Å². The van der Waals surface area contributed by atoms with E-state index in [1.165, 1.54) is 39.9 Å². The van der Waals surface area contributed by atoms with E-state index in [2.05, 4.69) is 72.2 Å². The van der Waals surface area contributed by atoms with E-state index in [4.69, 9.17) is 0 Å². The number of aromatic nitrogens is 1. The Kier molecular flexibility index (Phi) is 9.73. The average Bonchev–Trinajstić information content (AvgIpc) is 3.29. The number of aryl methyl sites for hydroxylation is 2. The second-order valence-corrected chi connectivity index (χ2v) is 8.69. The van der Waals surface area contributed by atoms with Gasteiger partial charge in [-0.05, 0) is 51.2 Å². The van der Waals surface area contributed by atoms with Crippen LogP contribution in [0.1, 0.15) is 55.6 Å². The molecule has 0 amide bonds. The molecule has 2 nitrogen and oxygen atoms in total. The minimum atomic E-state index is -0.120. The molecule has 0 radical (unpaired) electrons. The van der Waals surface area contributed by atoms with Crippen molar-refractivity contribution >= 4 is 27.6 Å². The van der Waals surface area contributed by atoms with Crippen molar-refractivity contribution in [1.29, 1.82) is 0 Å². The van der Waals surface area contributed by atoms with Gasteiger partial charge in [-0.2, -0.15) is 0 Å². The first kappa shape index (κ1) is 25.1. The molecule has 0 unspecified atom stereocenters. The molecule has 0 N–H and O–H groups in total. The summed E-state index contributed by atoms with van der Waals surface area (Å²) in [5.74, 6) is -0.120. The lowest BCUT2D eigenvalue weighted by molar-refractivity contribution is 0.310. The maximum atomic E-state index is 11.3. The van der Waals surface area contributed by atoms with Crippen molar-refractivity contribution in [3.05, 3.63) is 75.6 Å². The minimum absolute atomic E-state index is 0.120. The van der Waals surface area contributed by atoms with Crippen LogP contribution in [0.4, 0.5) is 4.39 Å². The summed E-state index contributed by atoms with van der Waals surface area (Å²) in [5.41, 5.74) is 8.56. The maximum Gasteiger partial charge on any atom is 0.0926 e. The summed E-state index contributed by atoms with van der Waals surface area (Å²) < 4.78 is 15.3. The van der Waals surface area contributed by atoms with Crippen molar-refractivity contribution in [1.82, 2.24) is 9.47 Å². The van der Waals surface area contributed by atoms with Crippen LogP contribution in [-0.4, -0.2) is 23.1 Å². The van der Waals surface area contributed by atoms with Crippen LogP contribution in [0.2, 0.25) is 0 Å². The minimum Gasteiger partial charge on any atom is -0.339 e. The Hall–Kier alpha value is -2.17. The molecule has 0 saturated heterocycles. The number of fused-ring (bicyclic) bond motifs is 3. The Balaban J connectivity index is 0.000000432. The smallest absolute Gasteiger partial charge is 0.0926 e. The van der Waals surface area contributed by atoms with Crippen molar-refractivity contribution in [3.63, 3.8) is 0 Å². The summed E-state index contributed by atoms with van der Waals surface area (Å²) in [5, 5.41) is 2.31. The van der Waals surface area contributed by atoms with E-state index < -0.39 is 0 Å². The van der Waals surface area contributed by atoms with Gasteiger partial charge < -0.3 is 9.47 Å². The number of rotatable bonds is 3. The number of nitrogens with zero attached hydrogens (tertiary/aromatic N) is 2. The zero-order valence-corrected chi connectivity index (χ0v) is 20.9. The van der Waals surface area contributed by atoms with Crippen molar-refractivity contribution < 1.29 is 4.39 Å². The Morgan fingerprint density at radius 3 is 2.42 bits per heavy atom. The molecule has 3 aromatic rings. The Morgan fingerprint density at radius 1 is 1.16 bits per heavy atom. The van der Waals surface area contributed by atoms with Gasteiger partial charge in [0.1, 0.15) is 0 Å². The summed E-state index contributed by atoms with van der Waals surface area (Å²) >= 11 is 1.91. The molecule has 1 aromatic carbocycles. The first-order valence-corrected chi connectivity index (χ1v) is 12.1. The zero-order valence-electron chi connectivity index (χ0n) is 20.1. The Labute approximate surface area is 191 Å². The zero-order chi connectivity index (χ0) is 23.0. The van der Waals surface area contributed by atoms with Gasteiger partial charge in [-0.3, -0.25) is 0 Å². The molecule has 0 spiro atoms. The van der Waals surface area contributed by atoms with E-state index in [1.54, 1.807) is 18.2 Å². The molecule has 4 rings (SSSR count). The summed E-state index contributed by atoms with van der Waals surface area (Å²) in [6.07, 6.45) is 7.12. The lowest BCUT2D eigenvalue weighted by Gasteiger charge is -2.24. The second-order valence-electron chi connectivity index (χ2n) is 7.81. The van der Waals surface area contributed by atoms with E-state index in [0.29, 0.717) is 0 Å². The fraction of sp³-hybridized carbons (Fsp3) is 0.407. The SMILES string of the molecule is C/C=C(\C)F.CC.Cc1ccc(/C=C/Cn2c3c(c4scc(C)c42)CN(C)CC3)cc1. The van der Waals surface area contributed by atoms with Crippen LogP contribution in [0, 0.1) is 13.8 Å². The standard InChI is InChI=1S/C21H24N2S.C4H7F.C2H6/c1-15-6-8-17(9-7-15)5-4-11-23-19-10-12-22(3)13-18(19)21-20(23)16(2)14-24-21;1-3-4(2)5;1-2/h4-9,14H,10-13H2,1-3H3;3H,1-2H3;1-2H3/b5-4+;4-3+;. The van der Waals surface area contributed by atoms with Gasteiger partial charge in [0.2, 0.25) is 0 Å². The fourth-order valence-electron chi connectivity index (χ4n) is 3.68. The Bertz CT molecular complexity index is 1020. The third kappa shape index (κ3) is 6.41. The van der Waals surface area contributed by atoms with Crippen LogP contribution in [0.15, 0.2) is 47.6 Å². The lowest BCUT2D eigenvalue weighted by atomic mass is 10.1. The van der Waals surface area contributed by atoms with Crippen LogP contribution >= 0.6 is 11.3 Å². The van der Waals surface area contributed by atoms with Crippen LogP contribution in [0.5, 0.6) is 0 Å². The third-order valence-electron chi connectivity index (χ3n) is 5.39. The predicted octanol–water partition coefficient (Wildman–Crippen LogP) is 7.93. The number of hydrogen-bond acceptors (Lipinski definition) is 2. The first-order chi connectivity index (χ1) is 14.9. The van der Waals surface area contributed by atoms with Crippen molar-refractivity contribution in [3.8, 4) is 0 Å². The molecule has 31 heavy (non-hydrogen) atoms. The normalized spacial score (nSPS) is 14.1. The second kappa shape index (κ2) is 12.0. The number of allylic oxidation sites excluding steroid dienone is 3. The van der Waals surface area contributed by atoms with Gasteiger partial charge in [0, 0.05) is 37.3 Å². The molecule has 1 aliphatic rings. The van der Waals surface area contributed by atoms with Gasteiger partial charge in [-0.15, -0.1) is 11.3 Å². The Morgan fingerprint density at radius 2 is 1.81 bits per heavy atom. The maximum absolute atomic E-state index is 11.3. The van der Waals surface area contributed by atoms with Gasteiger partial charge in [0.15, 0.2) is 0 Å². The van der Waals surface area contributed by atoms with E-state index in [0.717, 1.165) is 26.1 Å². The summed E-state index contributed by atoms with van der Waals surface area (Å²) in [7, 11) is 2.23. The van der Waals surface area contributed by atoms with Crippen LogP contribution < -0.4 is 0 Å². The fourth-order valence-corrected chi connectivity index (χ4v) is 4.80. The number of hydrogen-bond donors (Lipinski definition) is 0. The molecule has 4 heteroatoms. The number of likely N-dealkylation sites (N-methyl/N-ethyl adjacent to an activating group) is 1. The molecular weight excluding hydrogens is 403 g/mol. The van der Waals surface area contributed by atoms with Gasteiger partial charge >= 0.3 is 0 Å². The van der Waals surface area contributed by atoms with E-state index >= 15 is 0 Å². The highest BCUT2D eigenvalue weighted by Crippen LogP contribution is 2.36. The van der Waals surface area contributed by atoms with Crippen molar-refractivity contribution in [2.24, 2.45) is 0 Å². The van der Waals surface area contributed by atoms with E-state index in [9.17, 15) is 4.39 Å². The van der Waals surface area contributed by atoms with Crippen LogP contribution in [0.25, 0.3) is 16.3 Å². The largest absolute Gasteiger partial charge is 0.339 e. The molecule has 168 valence electrons. The van der Waals surface area contributed by atoms with Gasteiger partial charge in [0.05, 0.1) is 16.0 Å². The van der Waals surface area contributed by atoms with Crippen LogP contribution in [0.3, 0.4) is 0 Å². The summed E-state index contributed by atoms with van der Waals surface area (Å²) in [4.78, 5) is 2.43. The lowest BCUT2D eigenvalue weighted by Crippen LogP contribution is -2.27. The molecule has 0 saturated carbocycles. The van der Waals surface area contributed by atoms with Crippen molar-refractivity contribution in [2.45, 2.75) is 61.1 Å². The molecular formula is C27H37FN2S. The van der Waals surface area contributed by atoms with Gasteiger partial charge in [0.25, 0.3) is 0 Å². The summed E-state index contributed by atoms with van der Waals surface area (Å²) in [6.45, 7) is 14.7. The number of thiophene rings is 1. The summed E-state index contributed by atoms with van der Waals surface area (Å²) in [6, 6.07) is 8.73. The molecule has 0 bridgehead atoms. The molecule has 2 aromatic heterocycles. The van der Waals surface area contributed by atoms with Gasteiger partial charge in [-0.1, -0.05) is 61.9 Å². The predicted molar refractivity (Wildman–Crippen MR) is 137 cm³/mol. The number of benzene rings is 1. The molecule has 1 aliphatic heterocycles. The highest BCUT2D eigenvalue weighted by atomic mass is 32.1. The molecule has 0 fully saturated rings. The third-order valence-corrected chi connectivity index (χ3v) is 6.54. The first-order valence-electron chi connectivity index (χ1n) is 11.2. The topological polar surface area (TPSA) is 8.17 Å². The molecule has 3 heterocycles. The molecule has 0 atom stereocenters. The van der Waals surface area contributed by atoms with Crippen LogP contribution in [-0.2, 0) is 19.5 Å². The van der Waals surface area contributed by atoms with E-state index in [1.807, 2.05) is 25.2 Å². The van der Waals surface area contributed by atoms with Gasteiger partial charge in [-0.25, -0.2) is 4.39 Å². The number of halogens is 1. The highest BCUT2D eigenvalue weighted by molar-refractivity contribution is 7.17.